The van der Waals surface area contributed by atoms with Crippen LogP contribution in [0.3, 0.4) is 0 Å². The summed E-state index contributed by atoms with van der Waals surface area (Å²) in [7, 11) is 0. The lowest BCUT2D eigenvalue weighted by Gasteiger charge is -2.13. The molecule has 0 aliphatic rings. The Hall–Kier alpha value is -1.95. The number of rotatable bonds is 6. The van der Waals surface area contributed by atoms with Crippen molar-refractivity contribution in [2.45, 2.75) is 13.0 Å². The van der Waals surface area contributed by atoms with Crippen molar-refractivity contribution in [3.8, 4) is 0 Å². The summed E-state index contributed by atoms with van der Waals surface area (Å²) in [5, 5.41) is 3.20. The van der Waals surface area contributed by atoms with E-state index in [1.165, 1.54) is 6.33 Å². The van der Waals surface area contributed by atoms with Crippen LogP contribution in [-0.4, -0.2) is 39.2 Å². The number of nitrogens with zero attached hydrogens (tertiary/aromatic N) is 3. The van der Waals surface area contributed by atoms with Crippen LogP contribution in [0.4, 0.5) is 5.82 Å². The van der Waals surface area contributed by atoms with E-state index in [1.54, 1.807) is 12.4 Å². The smallest absolute Gasteiger partial charge is 0.182 e. The van der Waals surface area contributed by atoms with E-state index in [0.717, 1.165) is 11.3 Å². The average Bonchev–Trinajstić information content (AvgIpc) is 2.82. The van der Waals surface area contributed by atoms with Gasteiger partial charge in [0.25, 0.3) is 0 Å². The minimum atomic E-state index is 0.0842. The van der Waals surface area contributed by atoms with Crippen LogP contribution in [0.5, 0.6) is 0 Å². The standard InChI is InChI=1S/C11H15N5O/c1-3-4-17-8(2)5-12-10-9-11(14-6-13-9)16-7-15-10/h3,6-8H,1,4-5H2,2H3,(H2,12,13,14,15,16). The van der Waals surface area contributed by atoms with Gasteiger partial charge in [-0.1, -0.05) is 6.08 Å². The van der Waals surface area contributed by atoms with Crippen LogP contribution in [-0.2, 0) is 4.74 Å². The zero-order valence-electron chi connectivity index (χ0n) is 9.68. The predicted molar refractivity (Wildman–Crippen MR) is 65.8 cm³/mol. The van der Waals surface area contributed by atoms with E-state index in [2.05, 4.69) is 31.8 Å². The molecule has 2 rings (SSSR count). The summed E-state index contributed by atoms with van der Waals surface area (Å²) in [4.78, 5) is 15.3. The first-order chi connectivity index (χ1) is 8.31. The molecular formula is C11H15N5O. The fourth-order valence-electron chi connectivity index (χ4n) is 1.43. The second-order valence-corrected chi connectivity index (χ2v) is 3.64. The Bertz CT molecular complexity index is 495. The van der Waals surface area contributed by atoms with Crippen molar-refractivity contribution in [3.63, 3.8) is 0 Å². The molecule has 0 bridgehead atoms. The largest absolute Gasteiger partial charge is 0.373 e. The molecule has 0 saturated heterocycles. The predicted octanol–water partition coefficient (Wildman–Crippen LogP) is 1.36. The molecule has 2 N–H and O–H groups in total. The van der Waals surface area contributed by atoms with E-state index in [9.17, 15) is 0 Å². The molecule has 0 aromatic carbocycles. The minimum Gasteiger partial charge on any atom is -0.373 e. The first-order valence-corrected chi connectivity index (χ1v) is 5.41. The average molecular weight is 233 g/mol. The number of H-pyrrole nitrogens is 1. The third-order valence-electron chi connectivity index (χ3n) is 2.28. The molecule has 2 heterocycles. The Labute approximate surface area is 99.1 Å². The fourth-order valence-corrected chi connectivity index (χ4v) is 1.43. The molecule has 6 nitrogen and oxygen atoms in total. The van der Waals surface area contributed by atoms with Crippen molar-refractivity contribution in [1.82, 2.24) is 19.9 Å². The lowest BCUT2D eigenvalue weighted by Crippen LogP contribution is -2.20. The molecule has 90 valence electrons. The van der Waals surface area contributed by atoms with Crippen molar-refractivity contribution in [2.75, 3.05) is 18.5 Å². The topological polar surface area (TPSA) is 75.7 Å². The van der Waals surface area contributed by atoms with Crippen molar-refractivity contribution in [2.24, 2.45) is 0 Å². The Morgan fingerprint density at radius 2 is 2.41 bits per heavy atom. The second kappa shape index (κ2) is 5.40. The zero-order chi connectivity index (χ0) is 12.1. The highest BCUT2D eigenvalue weighted by atomic mass is 16.5. The van der Waals surface area contributed by atoms with Gasteiger partial charge in [-0.15, -0.1) is 6.58 Å². The molecule has 1 atom stereocenters. The van der Waals surface area contributed by atoms with Crippen molar-refractivity contribution >= 4 is 17.0 Å². The molecule has 2 aromatic heterocycles. The third kappa shape index (κ3) is 2.79. The van der Waals surface area contributed by atoms with Gasteiger partial charge in [-0.25, -0.2) is 15.0 Å². The number of aromatic amines is 1. The number of hydrogen-bond acceptors (Lipinski definition) is 5. The molecule has 0 aliphatic carbocycles. The highest BCUT2D eigenvalue weighted by molar-refractivity contribution is 5.81. The Kier molecular flexibility index (Phi) is 3.66. The summed E-state index contributed by atoms with van der Waals surface area (Å²) in [5.74, 6) is 0.738. The van der Waals surface area contributed by atoms with Crippen LogP contribution in [0.15, 0.2) is 25.3 Å². The summed E-state index contributed by atoms with van der Waals surface area (Å²) in [6, 6.07) is 0. The van der Waals surface area contributed by atoms with Crippen molar-refractivity contribution in [3.05, 3.63) is 25.3 Å². The minimum absolute atomic E-state index is 0.0842. The Morgan fingerprint density at radius 1 is 1.53 bits per heavy atom. The van der Waals surface area contributed by atoms with Gasteiger partial charge in [0.2, 0.25) is 0 Å². The van der Waals surface area contributed by atoms with E-state index in [1.807, 2.05) is 6.92 Å². The van der Waals surface area contributed by atoms with Crippen LogP contribution in [0.2, 0.25) is 0 Å². The molecule has 1 unspecified atom stereocenters. The summed E-state index contributed by atoms with van der Waals surface area (Å²) in [5.41, 5.74) is 1.46. The van der Waals surface area contributed by atoms with E-state index < -0.39 is 0 Å². The maximum absolute atomic E-state index is 5.46. The first kappa shape index (κ1) is 11.5. The second-order valence-electron chi connectivity index (χ2n) is 3.64. The number of hydrogen-bond donors (Lipinski definition) is 2. The molecule has 2 aromatic rings. The number of aromatic nitrogens is 4. The number of ether oxygens (including phenoxy) is 1. The number of nitrogens with one attached hydrogen (secondary N) is 2. The summed E-state index contributed by atoms with van der Waals surface area (Å²) in [6.07, 6.45) is 4.90. The summed E-state index contributed by atoms with van der Waals surface area (Å²) >= 11 is 0. The Morgan fingerprint density at radius 3 is 3.24 bits per heavy atom. The maximum Gasteiger partial charge on any atom is 0.182 e. The molecule has 0 amide bonds. The first-order valence-electron chi connectivity index (χ1n) is 5.41. The van der Waals surface area contributed by atoms with Gasteiger partial charge in [-0.05, 0) is 6.92 Å². The van der Waals surface area contributed by atoms with E-state index in [4.69, 9.17) is 4.74 Å². The van der Waals surface area contributed by atoms with Gasteiger partial charge in [0.1, 0.15) is 11.8 Å². The van der Waals surface area contributed by atoms with Crippen LogP contribution < -0.4 is 5.32 Å². The molecule has 17 heavy (non-hydrogen) atoms. The molecule has 0 aliphatic heterocycles. The normalized spacial score (nSPS) is 12.5. The maximum atomic E-state index is 5.46. The van der Waals surface area contributed by atoms with Gasteiger partial charge >= 0.3 is 0 Å². The SMILES string of the molecule is C=CCOC(C)CNc1ncnc2nc[nH]c12. The van der Waals surface area contributed by atoms with E-state index in [-0.39, 0.29) is 6.10 Å². The number of imidazole rings is 1. The van der Waals surface area contributed by atoms with Gasteiger partial charge in [0.05, 0.1) is 19.0 Å². The highest BCUT2D eigenvalue weighted by Gasteiger charge is 2.07. The lowest BCUT2D eigenvalue weighted by molar-refractivity contribution is 0.0979. The van der Waals surface area contributed by atoms with Crippen LogP contribution in [0.1, 0.15) is 6.92 Å². The zero-order valence-corrected chi connectivity index (χ0v) is 9.68. The molecule has 0 spiro atoms. The van der Waals surface area contributed by atoms with Gasteiger partial charge < -0.3 is 15.0 Å². The monoisotopic (exact) mass is 233 g/mol. The summed E-state index contributed by atoms with van der Waals surface area (Å²) < 4.78 is 5.46. The van der Waals surface area contributed by atoms with Gasteiger partial charge in [-0.3, -0.25) is 0 Å². The number of fused-ring (bicyclic) bond motifs is 1. The van der Waals surface area contributed by atoms with Crippen molar-refractivity contribution in [1.29, 1.82) is 0 Å². The third-order valence-corrected chi connectivity index (χ3v) is 2.28. The van der Waals surface area contributed by atoms with Gasteiger partial charge in [0.15, 0.2) is 11.5 Å². The highest BCUT2D eigenvalue weighted by Crippen LogP contribution is 2.14. The summed E-state index contributed by atoms with van der Waals surface area (Å²) in [6.45, 7) is 6.81. The Balaban J connectivity index is 1.98. The molecular weight excluding hydrogens is 218 g/mol. The quantitative estimate of drug-likeness (QED) is 0.737. The van der Waals surface area contributed by atoms with Crippen molar-refractivity contribution < 1.29 is 4.74 Å². The molecule has 0 saturated carbocycles. The number of anilines is 1. The van der Waals surface area contributed by atoms with E-state index in [0.29, 0.717) is 18.8 Å². The molecule has 6 heteroatoms. The fraction of sp³-hybridized carbons (Fsp3) is 0.364. The van der Waals surface area contributed by atoms with Gasteiger partial charge in [0, 0.05) is 6.54 Å². The van der Waals surface area contributed by atoms with E-state index >= 15 is 0 Å². The van der Waals surface area contributed by atoms with Crippen LogP contribution in [0.25, 0.3) is 11.2 Å². The van der Waals surface area contributed by atoms with Crippen LogP contribution in [0, 0.1) is 0 Å². The van der Waals surface area contributed by atoms with Gasteiger partial charge in [-0.2, -0.15) is 0 Å². The molecule has 0 radical (unpaired) electrons. The molecule has 0 fully saturated rings. The lowest BCUT2D eigenvalue weighted by atomic mass is 10.4. The van der Waals surface area contributed by atoms with Crippen LogP contribution >= 0.6 is 0 Å².